The third-order valence-corrected chi connectivity index (χ3v) is 8.76. The van der Waals surface area contributed by atoms with Crippen LogP contribution < -0.4 is 0 Å². The normalized spacial score (nSPS) is 24.1. The lowest BCUT2D eigenvalue weighted by Crippen LogP contribution is -2.37. The minimum atomic E-state index is -0.303. The van der Waals surface area contributed by atoms with Crippen LogP contribution in [0.15, 0.2) is 24.3 Å². The predicted molar refractivity (Wildman–Crippen MR) is 134 cm³/mol. The SMILES string of the molecule is CCCC1CCCCC1CCC(=O)CCC(C)c1ccccc1C1(C(C)=O)CCCCC1. The highest BCUT2D eigenvalue weighted by Crippen LogP contribution is 2.44. The molecule has 2 fully saturated rings. The van der Waals surface area contributed by atoms with Crippen molar-refractivity contribution >= 4 is 11.6 Å². The van der Waals surface area contributed by atoms with Gasteiger partial charge in [-0.15, -0.1) is 0 Å². The molecule has 3 unspecified atom stereocenters. The molecule has 2 heteroatoms. The van der Waals surface area contributed by atoms with E-state index in [0.29, 0.717) is 23.9 Å². The Labute approximate surface area is 197 Å². The number of ketones is 2. The topological polar surface area (TPSA) is 34.1 Å². The molecule has 0 N–H and O–H groups in total. The van der Waals surface area contributed by atoms with Gasteiger partial charge >= 0.3 is 0 Å². The van der Waals surface area contributed by atoms with E-state index in [0.717, 1.165) is 56.8 Å². The van der Waals surface area contributed by atoms with Crippen molar-refractivity contribution in [2.24, 2.45) is 11.8 Å². The number of carbonyl (C=O) groups is 2. The molecule has 2 aliphatic rings. The molecule has 0 heterocycles. The highest BCUT2D eigenvalue weighted by atomic mass is 16.1. The molecular formula is C30H46O2. The van der Waals surface area contributed by atoms with Crippen molar-refractivity contribution in [3.8, 4) is 0 Å². The minimum absolute atomic E-state index is 0.303. The summed E-state index contributed by atoms with van der Waals surface area (Å²) in [6.07, 6.45) is 16.9. The van der Waals surface area contributed by atoms with E-state index < -0.39 is 0 Å². The Balaban J connectivity index is 1.59. The smallest absolute Gasteiger partial charge is 0.140 e. The quantitative estimate of drug-likeness (QED) is 0.348. The van der Waals surface area contributed by atoms with E-state index in [1.807, 2.05) is 0 Å². The molecule has 1 aromatic rings. The zero-order valence-corrected chi connectivity index (χ0v) is 21.0. The fourth-order valence-corrected chi connectivity index (χ4v) is 6.75. The van der Waals surface area contributed by atoms with Gasteiger partial charge in [0.15, 0.2) is 0 Å². The molecule has 0 aliphatic heterocycles. The van der Waals surface area contributed by atoms with Crippen LogP contribution in [0.1, 0.15) is 134 Å². The van der Waals surface area contributed by atoms with Gasteiger partial charge < -0.3 is 0 Å². The lowest BCUT2D eigenvalue weighted by atomic mass is 9.65. The Hall–Kier alpha value is -1.44. The molecule has 0 spiro atoms. The van der Waals surface area contributed by atoms with Gasteiger partial charge in [-0.05, 0) is 61.5 Å². The van der Waals surface area contributed by atoms with Gasteiger partial charge in [-0.1, -0.05) is 95.9 Å². The fraction of sp³-hybridized carbons (Fsp3) is 0.733. The fourth-order valence-electron chi connectivity index (χ4n) is 6.75. The van der Waals surface area contributed by atoms with E-state index in [4.69, 9.17) is 0 Å². The lowest BCUT2D eigenvalue weighted by molar-refractivity contribution is -0.123. The third-order valence-electron chi connectivity index (χ3n) is 8.76. The van der Waals surface area contributed by atoms with Crippen molar-refractivity contribution in [1.82, 2.24) is 0 Å². The van der Waals surface area contributed by atoms with Crippen LogP contribution in [-0.4, -0.2) is 11.6 Å². The first kappa shape index (κ1) is 25.2. The largest absolute Gasteiger partial charge is 0.300 e. The number of benzene rings is 1. The first-order chi connectivity index (χ1) is 15.5. The van der Waals surface area contributed by atoms with Crippen LogP contribution in [0.4, 0.5) is 0 Å². The Morgan fingerprint density at radius 3 is 2.25 bits per heavy atom. The number of Topliss-reactive ketones (excluding diaryl/α,β-unsaturated/α-hetero) is 2. The lowest BCUT2D eigenvalue weighted by Gasteiger charge is -2.38. The summed E-state index contributed by atoms with van der Waals surface area (Å²) in [5.74, 6) is 2.70. The zero-order valence-electron chi connectivity index (χ0n) is 21.0. The van der Waals surface area contributed by atoms with Gasteiger partial charge in [0.05, 0.1) is 5.41 Å². The second kappa shape index (κ2) is 12.1. The Kier molecular flexibility index (Phi) is 9.56. The second-order valence-corrected chi connectivity index (χ2v) is 10.9. The summed E-state index contributed by atoms with van der Waals surface area (Å²) in [5, 5.41) is 0. The van der Waals surface area contributed by atoms with Crippen LogP contribution in [0, 0.1) is 11.8 Å². The minimum Gasteiger partial charge on any atom is -0.300 e. The van der Waals surface area contributed by atoms with Gasteiger partial charge in [-0.2, -0.15) is 0 Å². The standard InChI is InChI=1S/C30H46O2/c1-4-12-25-13-6-7-14-26(25)18-20-27(32)19-17-23(2)28-15-8-9-16-29(28)30(24(3)31)21-10-5-11-22-30/h8-9,15-16,23,25-26H,4-7,10-14,17-22H2,1-3H3. The molecular weight excluding hydrogens is 392 g/mol. The van der Waals surface area contributed by atoms with Crippen molar-refractivity contribution in [2.75, 3.05) is 0 Å². The molecule has 2 aliphatic carbocycles. The monoisotopic (exact) mass is 438 g/mol. The summed E-state index contributed by atoms with van der Waals surface area (Å²) in [5.41, 5.74) is 2.24. The summed E-state index contributed by atoms with van der Waals surface area (Å²) < 4.78 is 0. The zero-order chi connectivity index (χ0) is 23.0. The molecule has 0 bridgehead atoms. The Morgan fingerprint density at radius 1 is 0.938 bits per heavy atom. The van der Waals surface area contributed by atoms with E-state index in [2.05, 4.69) is 38.1 Å². The van der Waals surface area contributed by atoms with Gasteiger partial charge in [-0.3, -0.25) is 9.59 Å². The highest BCUT2D eigenvalue weighted by Gasteiger charge is 2.40. The average Bonchev–Trinajstić information content (AvgIpc) is 2.82. The van der Waals surface area contributed by atoms with Crippen molar-refractivity contribution in [2.45, 2.75) is 128 Å². The Bertz CT molecular complexity index is 741. The number of hydrogen-bond donors (Lipinski definition) is 0. The molecule has 2 saturated carbocycles. The van der Waals surface area contributed by atoms with Gasteiger partial charge in [0.1, 0.15) is 11.6 Å². The maximum atomic E-state index is 12.8. The van der Waals surface area contributed by atoms with Crippen LogP contribution in [0.5, 0.6) is 0 Å². The molecule has 0 radical (unpaired) electrons. The maximum Gasteiger partial charge on any atom is 0.140 e. The molecule has 3 atom stereocenters. The second-order valence-electron chi connectivity index (χ2n) is 10.9. The summed E-state index contributed by atoms with van der Waals surface area (Å²) >= 11 is 0. The van der Waals surface area contributed by atoms with Crippen molar-refractivity contribution in [3.05, 3.63) is 35.4 Å². The number of hydrogen-bond acceptors (Lipinski definition) is 2. The van der Waals surface area contributed by atoms with Crippen LogP contribution in [0.2, 0.25) is 0 Å². The van der Waals surface area contributed by atoms with Gasteiger partial charge in [0, 0.05) is 12.8 Å². The van der Waals surface area contributed by atoms with Crippen molar-refractivity contribution in [3.63, 3.8) is 0 Å². The predicted octanol–water partition coefficient (Wildman–Crippen LogP) is 8.32. The van der Waals surface area contributed by atoms with E-state index in [1.54, 1.807) is 6.92 Å². The van der Waals surface area contributed by atoms with Crippen LogP contribution in [0.25, 0.3) is 0 Å². The average molecular weight is 439 g/mol. The summed E-state index contributed by atoms with van der Waals surface area (Å²) in [6.45, 7) is 6.33. The molecule has 178 valence electrons. The summed E-state index contributed by atoms with van der Waals surface area (Å²) in [7, 11) is 0. The van der Waals surface area contributed by atoms with Crippen LogP contribution >= 0.6 is 0 Å². The maximum absolute atomic E-state index is 12.8. The van der Waals surface area contributed by atoms with Crippen LogP contribution in [0.3, 0.4) is 0 Å². The van der Waals surface area contributed by atoms with Crippen molar-refractivity contribution in [1.29, 1.82) is 0 Å². The summed E-state index contributed by atoms with van der Waals surface area (Å²) in [4.78, 5) is 25.6. The highest BCUT2D eigenvalue weighted by molar-refractivity contribution is 5.88. The van der Waals surface area contributed by atoms with Gasteiger partial charge in [0.25, 0.3) is 0 Å². The van der Waals surface area contributed by atoms with Gasteiger partial charge in [-0.25, -0.2) is 0 Å². The van der Waals surface area contributed by atoms with E-state index in [9.17, 15) is 9.59 Å². The molecule has 32 heavy (non-hydrogen) atoms. The summed E-state index contributed by atoms with van der Waals surface area (Å²) in [6, 6.07) is 8.59. The molecule has 0 aromatic heterocycles. The molecule has 3 rings (SSSR count). The molecule has 0 amide bonds. The number of carbonyl (C=O) groups excluding carboxylic acids is 2. The van der Waals surface area contributed by atoms with E-state index in [1.165, 1.54) is 56.1 Å². The first-order valence-corrected chi connectivity index (χ1v) is 13.6. The number of rotatable bonds is 11. The molecule has 0 saturated heterocycles. The third kappa shape index (κ3) is 6.12. The van der Waals surface area contributed by atoms with E-state index in [-0.39, 0.29) is 5.41 Å². The van der Waals surface area contributed by atoms with Crippen LogP contribution in [-0.2, 0) is 15.0 Å². The molecule has 2 nitrogen and oxygen atoms in total. The Morgan fingerprint density at radius 2 is 1.59 bits per heavy atom. The first-order valence-electron chi connectivity index (χ1n) is 13.6. The van der Waals surface area contributed by atoms with Gasteiger partial charge in [0.2, 0.25) is 0 Å². The molecule has 1 aromatic carbocycles. The van der Waals surface area contributed by atoms with Crippen molar-refractivity contribution < 1.29 is 9.59 Å². The van der Waals surface area contributed by atoms with E-state index >= 15 is 0 Å².